The number of rotatable bonds is 4. The van der Waals surface area contributed by atoms with Crippen LogP contribution in [0, 0.1) is 0 Å². The Morgan fingerprint density at radius 1 is 0.344 bits per heavy atom. The van der Waals surface area contributed by atoms with Crippen LogP contribution in [-0.4, -0.2) is 15.0 Å². The van der Waals surface area contributed by atoms with Gasteiger partial charge in [0.2, 0.25) is 0 Å². The maximum Gasteiger partial charge on any atom is 0.164 e. The van der Waals surface area contributed by atoms with Crippen LogP contribution in [0.5, 0.6) is 11.5 Å². The third kappa shape index (κ3) is 4.98. The number of para-hydroxylation sites is 3. The largest absolute Gasteiger partial charge is 0.457 e. The van der Waals surface area contributed by atoms with Crippen LogP contribution in [0.4, 0.5) is 0 Å². The van der Waals surface area contributed by atoms with Crippen molar-refractivity contribution in [1.29, 1.82) is 0 Å². The molecule has 61 heavy (non-hydrogen) atoms. The van der Waals surface area contributed by atoms with Crippen LogP contribution in [0.2, 0.25) is 0 Å². The lowest BCUT2D eigenvalue weighted by Gasteiger charge is -2.39. The first-order valence-electron chi connectivity index (χ1n) is 20.6. The Hall–Kier alpha value is -8.15. The highest BCUT2D eigenvalue weighted by atomic mass is 16.5. The molecule has 0 unspecified atom stereocenters. The zero-order valence-corrected chi connectivity index (χ0v) is 32.7. The number of furan rings is 1. The Bertz CT molecular complexity index is 3540. The van der Waals surface area contributed by atoms with Crippen molar-refractivity contribution < 1.29 is 9.15 Å². The highest BCUT2D eigenvalue weighted by Crippen LogP contribution is 2.62. The molecule has 284 valence electrons. The molecular weight excluding hydrogens is 747 g/mol. The van der Waals surface area contributed by atoms with Crippen LogP contribution >= 0.6 is 0 Å². The predicted molar refractivity (Wildman–Crippen MR) is 244 cm³/mol. The van der Waals surface area contributed by atoms with Crippen molar-refractivity contribution in [2.24, 2.45) is 0 Å². The van der Waals surface area contributed by atoms with E-state index in [2.05, 4.69) is 140 Å². The lowest BCUT2D eigenvalue weighted by atomic mass is 9.65. The van der Waals surface area contributed by atoms with E-state index in [-0.39, 0.29) is 0 Å². The average Bonchev–Trinajstić information content (AvgIpc) is 3.85. The van der Waals surface area contributed by atoms with Crippen LogP contribution in [0.3, 0.4) is 0 Å². The van der Waals surface area contributed by atoms with E-state index in [4.69, 9.17) is 24.1 Å². The number of aromatic nitrogens is 3. The van der Waals surface area contributed by atoms with E-state index in [1.165, 1.54) is 33.0 Å². The summed E-state index contributed by atoms with van der Waals surface area (Å²) in [5.74, 6) is 3.46. The van der Waals surface area contributed by atoms with E-state index in [1.54, 1.807) is 0 Å². The van der Waals surface area contributed by atoms with Gasteiger partial charge in [0.1, 0.15) is 22.7 Å². The first kappa shape index (κ1) is 33.8. The quantitative estimate of drug-likeness (QED) is 0.178. The molecule has 2 aliphatic rings. The smallest absolute Gasteiger partial charge is 0.164 e. The molecule has 13 rings (SSSR count). The summed E-state index contributed by atoms with van der Waals surface area (Å²) in [5.41, 5.74) is 12.9. The van der Waals surface area contributed by atoms with Crippen molar-refractivity contribution in [2.45, 2.75) is 5.41 Å². The molecule has 0 radical (unpaired) electrons. The van der Waals surface area contributed by atoms with E-state index < -0.39 is 5.41 Å². The van der Waals surface area contributed by atoms with E-state index in [1.807, 2.05) is 60.7 Å². The average molecular weight is 780 g/mol. The van der Waals surface area contributed by atoms with Gasteiger partial charge < -0.3 is 9.15 Å². The normalized spacial score (nSPS) is 13.2. The van der Waals surface area contributed by atoms with Gasteiger partial charge >= 0.3 is 0 Å². The molecule has 3 heterocycles. The SMILES string of the molecule is c1ccc(-c2nc(-c3ccc4c(c3)C3(c5ccccc5Oc5ccccc53)c3cc(-c5ccc6ccccc6c5)ccc3-4)nc(-c3cccc4oc5ccccc5c34)n2)cc1. The van der Waals surface area contributed by atoms with Gasteiger partial charge in [0.15, 0.2) is 17.5 Å². The molecule has 0 atom stereocenters. The minimum Gasteiger partial charge on any atom is -0.457 e. The van der Waals surface area contributed by atoms with E-state index in [0.29, 0.717) is 17.5 Å². The molecule has 2 aromatic heterocycles. The molecular formula is C56H33N3O2. The third-order valence-electron chi connectivity index (χ3n) is 12.6. The molecule has 9 aromatic carbocycles. The number of hydrogen-bond donors (Lipinski definition) is 0. The molecule has 0 saturated heterocycles. The highest BCUT2D eigenvalue weighted by molar-refractivity contribution is 6.11. The maximum atomic E-state index is 6.72. The van der Waals surface area contributed by atoms with E-state index >= 15 is 0 Å². The maximum absolute atomic E-state index is 6.72. The van der Waals surface area contributed by atoms with Gasteiger partial charge in [-0.3, -0.25) is 0 Å². The number of ether oxygens (including phenoxy) is 1. The molecule has 11 aromatic rings. The zero-order chi connectivity index (χ0) is 40.1. The van der Waals surface area contributed by atoms with Gasteiger partial charge in [0.25, 0.3) is 0 Å². The fourth-order valence-corrected chi connectivity index (χ4v) is 9.89. The van der Waals surface area contributed by atoms with E-state index in [0.717, 1.165) is 72.4 Å². The van der Waals surface area contributed by atoms with Crippen molar-refractivity contribution in [3.05, 3.63) is 222 Å². The molecule has 0 bridgehead atoms. The summed E-state index contributed by atoms with van der Waals surface area (Å²) < 4.78 is 13.0. The van der Waals surface area contributed by atoms with Crippen LogP contribution in [0.15, 0.2) is 205 Å². The number of fused-ring (bicyclic) bond motifs is 13. The van der Waals surface area contributed by atoms with Crippen LogP contribution in [0.1, 0.15) is 22.3 Å². The fraction of sp³-hybridized carbons (Fsp3) is 0.0179. The van der Waals surface area contributed by atoms with Gasteiger partial charge in [-0.2, -0.15) is 0 Å². The number of nitrogens with zero attached hydrogens (tertiary/aromatic N) is 3. The third-order valence-corrected chi connectivity index (χ3v) is 12.6. The van der Waals surface area contributed by atoms with Gasteiger partial charge in [0, 0.05) is 38.6 Å². The van der Waals surface area contributed by atoms with Crippen molar-refractivity contribution in [3.8, 4) is 67.9 Å². The summed E-state index contributed by atoms with van der Waals surface area (Å²) >= 11 is 0. The van der Waals surface area contributed by atoms with Crippen molar-refractivity contribution >= 4 is 32.7 Å². The first-order chi connectivity index (χ1) is 30.2. The van der Waals surface area contributed by atoms with Gasteiger partial charge in [-0.05, 0) is 86.6 Å². The molecule has 0 amide bonds. The second kappa shape index (κ2) is 12.9. The van der Waals surface area contributed by atoms with Crippen LogP contribution < -0.4 is 4.74 Å². The summed E-state index contributed by atoms with van der Waals surface area (Å²) in [4.78, 5) is 15.7. The van der Waals surface area contributed by atoms with Crippen LogP contribution in [-0.2, 0) is 5.41 Å². The zero-order valence-electron chi connectivity index (χ0n) is 32.7. The highest BCUT2D eigenvalue weighted by Gasteiger charge is 2.51. The lowest BCUT2D eigenvalue weighted by Crippen LogP contribution is -2.32. The molecule has 1 aliphatic carbocycles. The van der Waals surface area contributed by atoms with Crippen LogP contribution in [0.25, 0.3) is 89.1 Å². The Kier molecular flexibility index (Phi) is 7.16. The number of hydrogen-bond acceptors (Lipinski definition) is 5. The minimum atomic E-state index is -0.696. The Balaban J connectivity index is 1.07. The summed E-state index contributed by atoms with van der Waals surface area (Å²) in [6.45, 7) is 0. The van der Waals surface area contributed by atoms with Gasteiger partial charge in [0.05, 0.1) is 5.41 Å². The standard InChI is InChI=1S/C56H33N3O2/c1-2-14-35(15-3-1)53-57-54(59-55(58-53)43-18-12-24-51-52(43)42-17-6-9-21-48(42)60-51)39-28-30-41-40-29-27-38(37-26-25-34-13-4-5-16-36(34)31-37)32-46(40)56(47(41)33-39)44-19-7-10-22-49(44)61-50-23-11-8-20-45(50)56/h1-33H. The van der Waals surface area contributed by atoms with Crippen molar-refractivity contribution in [3.63, 3.8) is 0 Å². The molecule has 0 fully saturated rings. The van der Waals surface area contributed by atoms with Gasteiger partial charge in [-0.15, -0.1) is 0 Å². The second-order valence-electron chi connectivity index (χ2n) is 15.9. The predicted octanol–water partition coefficient (Wildman–Crippen LogP) is 14.1. The van der Waals surface area contributed by atoms with Crippen molar-refractivity contribution in [1.82, 2.24) is 15.0 Å². The summed E-state index contributed by atoms with van der Waals surface area (Å²) in [5, 5.41) is 4.44. The van der Waals surface area contributed by atoms with Gasteiger partial charge in [-0.25, -0.2) is 15.0 Å². The Morgan fingerprint density at radius 3 is 1.70 bits per heavy atom. The molecule has 0 saturated carbocycles. The molecule has 1 spiro atoms. The molecule has 5 nitrogen and oxygen atoms in total. The second-order valence-corrected chi connectivity index (χ2v) is 15.9. The summed E-state index contributed by atoms with van der Waals surface area (Å²) in [6, 6.07) is 70.4. The lowest BCUT2D eigenvalue weighted by molar-refractivity contribution is 0.436. The first-order valence-corrected chi connectivity index (χ1v) is 20.6. The topological polar surface area (TPSA) is 61.0 Å². The van der Waals surface area contributed by atoms with E-state index in [9.17, 15) is 0 Å². The van der Waals surface area contributed by atoms with Gasteiger partial charge in [-0.1, -0.05) is 158 Å². The summed E-state index contributed by atoms with van der Waals surface area (Å²) in [6.07, 6.45) is 0. The monoisotopic (exact) mass is 779 g/mol. The molecule has 5 heteroatoms. The Labute approximate surface area is 351 Å². The molecule has 1 aliphatic heterocycles. The number of benzene rings is 9. The Morgan fingerprint density at radius 2 is 0.918 bits per heavy atom. The summed E-state index contributed by atoms with van der Waals surface area (Å²) in [7, 11) is 0. The van der Waals surface area contributed by atoms with Crippen molar-refractivity contribution in [2.75, 3.05) is 0 Å². The fourth-order valence-electron chi connectivity index (χ4n) is 9.89. The molecule has 0 N–H and O–H groups in total. The minimum absolute atomic E-state index is 0.585.